The maximum Gasteiger partial charge on any atom is 0.119 e. The third kappa shape index (κ3) is 4.93. The molecule has 116 valence electrons. The van der Waals surface area contributed by atoms with Gasteiger partial charge in [0.25, 0.3) is 0 Å². The molecule has 1 heterocycles. The van der Waals surface area contributed by atoms with Crippen LogP contribution in [0, 0.1) is 0 Å². The first-order chi connectivity index (χ1) is 10.1. The number of ether oxygens (including phenoxy) is 2. The van der Waals surface area contributed by atoms with Gasteiger partial charge in [-0.05, 0) is 31.2 Å². The van der Waals surface area contributed by atoms with E-state index in [1.54, 1.807) is 0 Å². The van der Waals surface area contributed by atoms with Crippen molar-refractivity contribution in [2.24, 2.45) is 5.73 Å². The van der Waals surface area contributed by atoms with Crippen molar-refractivity contribution in [3.63, 3.8) is 0 Å². The van der Waals surface area contributed by atoms with Crippen LogP contribution in [-0.4, -0.2) is 60.1 Å². The summed E-state index contributed by atoms with van der Waals surface area (Å²) in [6.07, 6.45) is 0.0411. The summed E-state index contributed by atoms with van der Waals surface area (Å²) in [5.74, 6) is 0.801. The number of morpholine rings is 1. The van der Waals surface area contributed by atoms with Crippen molar-refractivity contribution in [2.45, 2.75) is 19.1 Å². The first kappa shape index (κ1) is 16.2. The minimum absolute atomic E-state index is 0.0577. The number of aliphatic hydroxyl groups excluding tert-OH is 1. The molecule has 5 nitrogen and oxygen atoms in total. The van der Waals surface area contributed by atoms with Crippen LogP contribution in [0.3, 0.4) is 0 Å². The van der Waals surface area contributed by atoms with Gasteiger partial charge in [0.2, 0.25) is 0 Å². The van der Waals surface area contributed by atoms with Gasteiger partial charge in [0.05, 0.1) is 18.8 Å². The molecule has 2 atom stereocenters. The lowest BCUT2D eigenvalue weighted by molar-refractivity contribution is -0.0965. The molecular formula is C15H22N2O3S. The first-order valence-corrected chi connectivity index (χ1v) is 7.50. The lowest BCUT2D eigenvalue weighted by Gasteiger charge is -2.35. The molecule has 21 heavy (non-hydrogen) atoms. The molecule has 6 heteroatoms. The van der Waals surface area contributed by atoms with Crippen molar-refractivity contribution in [1.82, 2.24) is 4.90 Å². The minimum Gasteiger partial charge on any atom is -0.492 e. The normalized spacial score (nSPS) is 23.0. The molecule has 0 bridgehead atoms. The molecule has 0 radical (unpaired) electrons. The zero-order valence-corrected chi connectivity index (χ0v) is 13.0. The van der Waals surface area contributed by atoms with Crippen molar-refractivity contribution >= 4 is 17.2 Å². The SMILES string of the molecule is CC1CN(CCOc2ccc(C(N)=S)cc2)CC(CO)O1. The number of nitrogens with two attached hydrogens (primary N) is 1. The lowest BCUT2D eigenvalue weighted by Crippen LogP contribution is -2.49. The zero-order valence-electron chi connectivity index (χ0n) is 12.2. The Labute approximate surface area is 130 Å². The van der Waals surface area contributed by atoms with Crippen molar-refractivity contribution in [1.29, 1.82) is 0 Å². The smallest absolute Gasteiger partial charge is 0.119 e. The topological polar surface area (TPSA) is 68.0 Å². The number of hydrogen-bond donors (Lipinski definition) is 2. The van der Waals surface area contributed by atoms with E-state index in [1.165, 1.54) is 0 Å². The molecule has 2 rings (SSSR count). The number of hydrogen-bond acceptors (Lipinski definition) is 5. The minimum atomic E-state index is -0.0985. The summed E-state index contributed by atoms with van der Waals surface area (Å²) in [5.41, 5.74) is 6.39. The van der Waals surface area contributed by atoms with E-state index in [0.717, 1.165) is 30.9 Å². The Morgan fingerprint density at radius 2 is 2.14 bits per heavy atom. The molecule has 1 saturated heterocycles. The number of benzene rings is 1. The number of nitrogens with zero attached hydrogens (tertiary/aromatic N) is 1. The Morgan fingerprint density at radius 1 is 1.43 bits per heavy atom. The fourth-order valence-electron chi connectivity index (χ4n) is 2.43. The summed E-state index contributed by atoms with van der Waals surface area (Å²) in [6.45, 7) is 5.08. The highest BCUT2D eigenvalue weighted by atomic mass is 32.1. The first-order valence-electron chi connectivity index (χ1n) is 7.10. The molecule has 0 aliphatic carbocycles. The highest BCUT2D eigenvalue weighted by Gasteiger charge is 2.24. The van der Waals surface area contributed by atoms with Crippen LogP contribution in [0.25, 0.3) is 0 Å². The summed E-state index contributed by atoms with van der Waals surface area (Å²) in [6, 6.07) is 7.45. The van der Waals surface area contributed by atoms with Crippen LogP contribution < -0.4 is 10.5 Å². The largest absolute Gasteiger partial charge is 0.492 e. The lowest BCUT2D eigenvalue weighted by atomic mass is 10.2. The Bertz CT molecular complexity index is 466. The monoisotopic (exact) mass is 310 g/mol. The molecular weight excluding hydrogens is 288 g/mol. The van der Waals surface area contributed by atoms with Crippen LogP contribution in [-0.2, 0) is 4.74 Å². The van der Waals surface area contributed by atoms with Crippen LogP contribution in [0.2, 0.25) is 0 Å². The second-order valence-electron chi connectivity index (χ2n) is 5.25. The number of thiocarbonyl (C=S) groups is 1. The van der Waals surface area contributed by atoms with Crippen molar-refractivity contribution in [3.05, 3.63) is 29.8 Å². The predicted molar refractivity (Wildman–Crippen MR) is 85.7 cm³/mol. The van der Waals surface area contributed by atoms with Crippen LogP contribution in [0.15, 0.2) is 24.3 Å². The molecule has 0 spiro atoms. The third-order valence-corrected chi connectivity index (χ3v) is 3.66. The van der Waals surface area contributed by atoms with Gasteiger partial charge in [-0.25, -0.2) is 0 Å². The number of aliphatic hydroxyl groups is 1. The van der Waals surface area contributed by atoms with E-state index in [0.29, 0.717) is 11.6 Å². The summed E-state index contributed by atoms with van der Waals surface area (Å²) in [4.78, 5) is 2.64. The van der Waals surface area contributed by atoms with E-state index in [1.807, 2.05) is 31.2 Å². The fraction of sp³-hybridized carbons (Fsp3) is 0.533. The second kappa shape index (κ2) is 7.70. The van der Waals surface area contributed by atoms with E-state index in [4.69, 9.17) is 27.4 Å². The molecule has 0 saturated carbocycles. The van der Waals surface area contributed by atoms with E-state index < -0.39 is 0 Å². The standard InChI is InChI=1S/C15H22N2O3S/c1-11-8-17(9-14(10-18)20-11)6-7-19-13-4-2-12(3-5-13)15(16)21/h2-5,11,14,18H,6-10H2,1H3,(H2,16,21). The maximum atomic E-state index is 9.20. The van der Waals surface area contributed by atoms with Crippen LogP contribution in [0.5, 0.6) is 5.75 Å². The van der Waals surface area contributed by atoms with Gasteiger partial charge in [-0.15, -0.1) is 0 Å². The van der Waals surface area contributed by atoms with Crippen LogP contribution in [0.4, 0.5) is 0 Å². The van der Waals surface area contributed by atoms with Crippen molar-refractivity contribution < 1.29 is 14.6 Å². The highest BCUT2D eigenvalue weighted by Crippen LogP contribution is 2.13. The van der Waals surface area contributed by atoms with Gasteiger partial charge in [-0.1, -0.05) is 12.2 Å². The van der Waals surface area contributed by atoms with Gasteiger partial charge < -0.3 is 20.3 Å². The molecule has 1 aliphatic rings. The number of rotatable bonds is 6. The van der Waals surface area contributed by atoms with Gasteiger partial charge in [0, 0.05) is 25.2 Å². The molecule has 1 aliphatic heterocycles. The Balaban J connectivity index is 1.77. The predicted octanol–water partition coefficient (Wildman–Crippen LogP) is 0.781. The van der Waals surface area contributed by atoms with Gasteiger partial charge >= 0.3 is 0 Å². The van der Waals surface area contributed by atoms with Crippen LogP contribution in [0.1, 0.15) is 12.5 Å². The molecule has 3 N–H and O–H groups in total. The highest BCUT2D eigenvalue weighted by molar-refractivity contribution is 7.80. The van der Waals surface area contributed by atoms with Gasteiger partial charge in [0.15, 0.2) is 0 Å². The molecule has 1 aromatic rings. The average molecular weight is 310 g/mol. The fourth-order valence-corrected chi connectivity index (χ4v) is 2.57. The van der Waals surface area contributed by atoms with Gasteiger partial charge in [-0.3, -0.25) is 4.90 Å². The summed E-state index contributed by atoms with van der Waals surface area (Å²) < 4.78 is 11.3. The Morgan fingerprint density at radius 3 is 2.76 bits per heavy atom. The maximum absolute atomic E-state index is 9.20. The molecule has 2 unspecified atom stereocenters. The third-order valence-electron chi connectivity index (χ3n) is 3.42. The van der Waals surface area contributed by atoms with Crippen LogP contribution >= 0.6 is 12.2 Å². The van der Waals surface area contributed by atoms with E-state index in [9.17, 15) is 5.11 Å². The summed E-state index contributed by atoms with van der Waals surface area (Å²) in [7, 11) is 0. The molecule has 0 aromatic heterocycles. The van der Waals surface area contributed by atoms with Crippen molar-refractivity contribution in [2.75, 3.05) is 32.8 Å². The van der Waals surface area contributed by atoms with Crippen molar-refractivity contribution in [3.8, 4) is 5.75 Å². The van der Waals surface area contributed by atoms with E-state index in [2.05, 4.69) is 4.90 Å². The Kier molecular flexibility index (Phi) is 5.93. The zero-order chi connectivity index (χ0) is 15.2. The Hall–Kier alpha value is -1.21. The molecule has 1 fully saturated rings. The van der Waals surface area contributed by atoms with Gasteiger partial charge in [0.1, 0.15) is 17.3 Å². The second-order valence-corrected chi connectivity index (χ2v) is 5.69. The average Bonchev–Trinajstić information content (AvgIpc) is 2.47. The van der Waals surface area contributed by atoms with E-state index in [-0.39, 0.29) is 18.8 Å². The summed E-state index contributed by atoms with van der Waals surface area (Å²) in [5, 5.41) is 9.20. The van der Waals surface area contributed by atoms with Gasteiger partial charge in [-0.2, -0.15) is 0 Å². The molecule has 1 aromatic carbocycles. The molecule has 0 amide bonds. The quantitative estimate of drug-likeness (QED) is 0.757. The summed E-state index contributed by atoms with van der Waals surface area (Å²) >= 11 is 4.91. The van der Waals surface area contributed by atoms with E-state index >= 15 is 0 Å².